The highest BCUT2D eigenvalue weighted by atomic mass is 16.3. The van der Waals surface area contributed by atoms with E-state index in [0.29, 0.717) is 17.4 Å². The Labute approximate surface area is 115 Å². The monoisotopic (exact) mass is 258 g/mol. The van der Waals surface area contributed by atoms with Crippen molar-refractivity contribution in [1.29, 1.82) is 0 Å². The number of aromatic hydroxyl groups is 2. The second-order valence-corrected chi connectivity index (χ2v) is 4.94. The van der Waals surface area contributed by atoms with Crippen LogP contribution in [0.15, 0.2) is 42.5 Å². The Kier molecular flexibility index (Phi) is 5.43. The third-order valence-electron chi connectivity index (χ3n) is 3.11. The third kappa shape index (κ3) is 4.32. The highest BCUT2D eigenvalue weighted by Gasteiger charge is 2.08. The van der Waals surface area contributed by atoms with Crippen molar-refractivity contribution in [3.63, 3.8) is 0 Å². The standard InChI is InChI=1S/C11H16O.C6H6O/c1-7(2)10-6-5-8(3)9(4)11(10)12;7-6-4-2-1-3-5-6/h5-7,12H,1-4H3;1-5,7H. The summed E-state index contributed by atoms with van der Waals surface area (Å²) in [6.45, 7) is 8.14. The smallest absolute Gasteiger partial charge is 0.122 e. The van der Waals surface area contributed by atoms with Gasteiger partial charge in [-0.3, -0.25) is 0 Å². The molecule has 0 unspecified atom stereocenters. The van der Waals surface area contributed by atoms with Crippen LogP contribution in [0.3, 0.4) is 0 Å². The summed E-state index contributed by atoms with van der Waals surface area (Å²) >= 11 is 0. The van der Waals surface area contributed by atoms with E-state index in [2.05, 4.69) is 19.9 Å². The summed E-state index contributed by atoms with van der Waals surface area (Å²) in [4.78, 5) is 0. The van der Waals surface area contributed by atoms with Crippen molar-refractivity contribution in [2.45, 2.75) is 33.6 Å². The lowest BCUT2D eigenvalue weighted by Crippen LogP contribution is -1.91. The molecule has 0 bridgehead atoms. The van der Waals surface area contributed by atoms with Crippen molar-refractivity contribution in [3.05, 3.63) is 59.2 Å². The number of aryl methyl sites for hydroxylation is 1. The van der Waals surface area contributed by atoms with Crippen molar-refractivity contribution in [2.24, 2.45) is 0 Å². The minimum atomic E-state index is 0.322. The van der Waals surface area contributed by atoms with Crippen molar-refractivity contribution in [2.75, 3.05) is 0 Å². The summed E-state index contributed by atoms with van der Waals surface area (Å²) in [5.74, 6) is 1.18. The number of hydrogen-bond donors (Lipinski definition) is 2. The second kappa shape index (κ2) is 6.83. The SMILES string of the molecule is Cc1ccc(C(C)C)c(O)c1C.Oc1ccccc1. The highest BCUT2D eigenvalue weighted by molar-refractivity contribution is 5.45. The summed E-state index contributed by atoms with van der Waals surface area (Å²) in [6, 6.07) is 12.8. The molecule has 19 heavy (non-hydrogen) atoms. The molecule has 0 aromatic heterocycles. The van der Waals surface area contributed by atoms with Crippen molar-refractivity contribution in [3.8, 4) is 11.5 Å². The fourth-order valence-corrected chi connectivity index (χ4v) is 1.72. The molecule has 0 amide bonds. The number of hydrogen-bond acceptors (Lipinski definition) is 2. The molecular weight excluding hydrogens is 236 g/mol. The molecule has 102 valence electrons. The lowest BCUT2D eigenvalue weighted by Gasteiger charge is -2.11. The van der Waals surface area contributed by atoms with Gasteiger partial charge in [-0.25, -0.2) is 0 Å². The van der Waals surface area contributed by atoms with Crippen LogP contribution in [0.5, 0.6) is 11.5 Å². The van der Waals surface area contributed by atoms with Gasteiger partial charge in [-0.15, -0.1) is 0 Å². The zero-order valence-corrected chi connectivity index (χ0v) is 12.0. The van der Waals surface area contributed by atoms with Crippen LogP contribution in [0.25, 0.3) is 0 Å². The average Bonchev–Trinajstić information content (AvgIpc) is 2.37. The first kappa shape index (κ1) is 15.1. The van der Waals surface area contributed by atoms with Gasteiger partial charge in [-0.05, 0) is 48.6 Å². The molecule has 2 aromatic carbocycles. The van der Waals surface area contributed by atoms with Crippen LogP contribution >= 0.6 is 0 Å². The molecule has 0 aliphatic carbocycles. The van der Waals surface area contributed by atoms with Gasteiger partial charge in [-0.2, -0.15) is 0 Å². The second-order valence-electron chi connectivity index (χ2n) is 4.94. The third-order valence-corrected chi connectivity index (χ3v) is 3.11. The van der Waals surface area contributed by atoms with Gasteiger partial charge in [0.15, 0.2) is 0 Å². The quantitative estimate of drug-likeness (QED) is 0.789. The molecule has 2 aromatic rings. The molecule has 0 fully saturated rings. The Morgan fingerprint density at radius 2 is 1.42 bits per heavy atom. The van der Waals surface area contributed by atoms with Gasteiger partial charge >= 0.3 is 0 Å². The number of para-hydroxylation sites is 1. The summed E-state index contributed by atoms with van der Waals surface area (Å²) in [7, 11) is 0. The van der Waals surface area contributed by atoms with Gasteiger partial charge in [-0.1, -0.05) is 44.2 Å². The number of rotatable bonds is 1. The van der Waals surface area contributed by atoms with E-state index in [0.717, 1.165) is 16.7 Å². The van der Waals surface area contributed by atoms with Gasteiger partial charge < -0.3 is 10.2 Å². The maximum Gasteiger partial charge on any atom is 0.122 e. The maximum absolute atomic E-state index is 9.75. The minimum absolute atomic E-state index is 0.322. The normalized spacial score (nSPS) is 9.95. The van der Waals surface area contributed by atoms with Crippen molar-refractivity contribution in [1.82, 2.24) is 0 Å². The molecule has 0 aliphatic heterocycles. The molecule has 2 nitrogen and oxygen atoms in total. The van der Waals surface area contributed by atoms with Crippen LogP contribution in [0.4, 0.5) is 0 Å². The molecule has 0 heterocycles. The summed E-state index contributed by atoms with van der Waals surface area (Å²) in [5.41, 5.74) is 3.19. The largest absolute Gasteiger partial charge is 0.508 e. The number of phenolic OH excluding ortho intramolecular Hbond substituents is 2. The fraction of sp³-hybridized carbons (Fsp3) is 0.294. The van der Waals surface area contributed by atoms with E-state index in [1.54, 1.807) is 24.3 Å². The van der Waals surface area contributed by atoms with Gasteiger partial charge in [0.1, 0.15) is 11.5 Å². The Hall–Kier alpha value is -1.96. The fourth-order valence-electron chi connectivity index (χ4n) is 1.72. The minimum Gasteiger partial charge on any atom is -0.508 e. The average molecular weight is 258 g/mol. The van der Waals surface area contributed by atoms with E-state index in [1.807, 2.05) is 26.0 Å². The molecule has 0 saturated heterocycles. The van der Waals surface area contributed by atoms with Crippen LogP contribution < -0.4 is 0 Å². The Bertz CT molecular complexity index is 516. The molecule has 0 radical (unpaired) electrons. The predicted octanol–water partition coefficient (Wildman–Crippen LogP) is 4.52. The molecular formula is C17H22O2. The number of benzene rings is 2. The van der Waals surface area contributed by atoms with E-state index in [1.165, 1.54) is 0 Å². The Balaban J connectivity index is 0.000000218. The van der Waals surface area contributed by atoms with E-state index < -0.39 is 0 Å². The maximum atomic E-state index is 9.75. The molecule has 0 saturated carbocycles. The van der Waals surface area contributed by atoms with Crippen LogP contribution in [-0.4, -0.2) is 10.2 Å². The van der Waals surface area contributed by atoms with Gasteiger partial charge in [0.2, 0.25) is 0 Å². The zero-order valence-electron chi connectivity index (χ0n) is 12.0. The molecule has 2 heteroatoms. The van der Waals surface area contributed by atoms with E-state index in [4.69, 9.17) is 5.11 Å². The van der Waals surface area contributed by atoms with Crippen molar-refractivity contribution >= 4 is 0 Å². The molecule has 0 spiro atoms. The first-order valence-electron chi connectivity index (χ1n) is 6.46. The highest BCUT2D eigenvalue weighted by Crippen LogP contribution is 2.30. The van der Waals surface area contributed by atoms with Crippen LogP contribution in [-0.2, 0) is 0 Å². The topological polar surface area (TPSA) is 40.5 Å². The number of phenols is 2. The van der Waals surface area contributed by atoms with Crippen LogP contribution in [0.2, 0.25) is 0 Å². The van der Waals surface area contributed by atoms with Gasteiger partial charge in [0, 0.05) is 0 Å². The molecule has 0 aliphatic rings. The Morgan fingerprint density at radius 3 is 1.84 bits per heavy atom. The zero-order chi connectivity index (χ0) is 14.4. The van der Waals surface area contributed by atoms with E-state index in [-0.39, 0.29) is 0 Å². The van der Waals surface area contributed by atoms with Gasteiger partial charge in [0.05, 0.1) is 0 Å². The lowest BCUT2D eigenvalue weighted by atomic mass is 9.97. The van der Waals surface area contributed by atoms with Gasteiger partial charge in [0.25, 0.3) is 0 Å². The van der Waals surface area contributed by atoms with E-state index in [9.17, 15) is 5.11 Å². The summed E-state index contributed by atoms with van der Waals surface area (Å²) in [5, 5.41) is 18.4. The first-order chi connectivity index (χ1) is 8.93. The summed E-state index contributed by atoms with van der Waals surface area (Å²) in [6.07, 6.45) is 0. The lowest BCUT2D eigenvalue weighted by molar-refractivity contribution is 0.460. The molecule has 2 N–H and O–H groups in total. The van der Waals surface area contributed by atoms with Crippen molar-refractivity contribution < 1.29 is 10.2 Å². The van der Waals surface area contributed by atoms with Crippen LogP contribution in [0, 0.1) is 13.8 Å². The van der Waals surface area contributed by atoms with Crippen LogP contribution in [0.1, 0.15) is 36.5 Å². The summed E-state index contributed by atoms with van der Waals surface area (Å²) < 4.78 is 0. The predicted molar refractivity (Wildman–Crippen MR) is 79.8 cm³/mol. The Morgan fingerprint density at radius 1 is 0.842 bits per heavy atom. The van der Waals surface area contributed by atoms with E-state index >= 15 is 0 Å². The molecule has 2 rings (SSSR count). The first-order valence-corrected chi connectivity index (χ1v) is 6.46. The molecule has 0 atom stereocenters.